The number of aromatic nitrogens is 2. The maximum Gasteiger partial charge on any atom is 0.225 e. The molecule has 1 aromatic carbocycles. The van der Waals surface area contributed by atoms with Gasteiger partial charge in [-0.3, -0.25) is 4.79 Å². The predicted molar refractivity (Wildman–Crippen MR) is 99.4 cm³/mol. The monoisotopic (exact) mass is 355 g/mol. The highest BCUT2D eigenvalue weighted by Crippen LogP contribution is 2.32. The zero-order valence-electron chi connectivity index (χ0n) is 14.1. The number of nitrogens with one attached hydrogen (secondary N) is 1. The topological polar surface area (TPSA) is 84.1 Å². The lowest BCUT2D eigenvalue weighted by Crippen LogP contribution is -2.29. The quantitative estimate of drug-likeness (QED) is 0.643. The highest BCUT2D eigenvalue weighted by atomic mass is 32.2. The molecule has 3 N–H and O–H groups in total. The van der Waals surface area contributed by atoms with Gasteiger partial charge in [0.15, 0.2) is 5.16 Å². The van der Waals surface area contributed by atoms with Gasteiger partial charge in [0, 0.05) is 37.4 Å². The number of anilines is 2. The lowest BCUT2D eigenvalue weighted by molar-refractivity contribution is -0.122. The van der Waals surface area contributed by atoms with Gasteiger partial charge in [0.1, 0.15) is 11.6 Å². The maximum atomic E-state index is 11.9. The van der Waals surface area contributed by atoms with Crippen molar-refractivity contribution in [3.8, 4) is 0 Å². The van der Waals surface area contributed by atoms with E-state index in [0.29, 0.717) is 23.4 Å². The van der Waals surface area contributed by atoms with Crippen LogP contribution in [0.3, 0.4) is 0 Å². The Morgan fingerprint density at radius 3 is 2.84 bits per heavy atom. The molecule has 2 aliphatic rings. The maximum absolute atomic E-state index is 11.9. The summed E-state index contributed by atoms with van der Waals surface area (Å²) in [6.07, 6.45) is 0. The molecule has 1 aromatic heterocycles. The van der Waals surface area contributed by atoms with E-state index < -0.39 is 0 Å². The first-order valence-corrected chi connectivity index (χ1v) is 9.42. The molecule has 2 aromatic rings. The summed E-state index contributed by atoms with van der Waals surface area (Å²) < 4.78 is 0. The normalized spacial score (nSPS) is 22.1. The highest BCUT2D eigenvalue weighted by Gasteiger charge is 2.42. The number of hydrogen-bond acceptors (Lipinski definition) is 6. The SMILES string of the molecule is Cc1ccc(CSc2nc(N)cc(N3C[C@@H]4CNC(=O)[C@@H]4C3)n2)cc1. The molecule has 0 spiro atoms. The molecule has 0 saturated carbocycles. The Balaban J connectivity index is 1.47. The number of fused-ring (bicyclic) bond motifs is 1. The van der Waals surface area contributed by atoms with Crippen molar-refractivity contribution >= 4 is 29.3 Å². The third-order valence-electron chi connectivity index (χ3n) is 4.84. The van der Waals surface area contributed by atoms with Gasteiger partial charge in [0.05, 0.1) is 5.92 Å². The Bertz CT molecular complexity index is 795. The van der Waals surface area contributed by atoms with E-state index in [-0.39, 0.29) is 11.8 Å². The number of nitrogens with two attached hydrogens (primary N) is 1. The molecule has 25 heavy (non-hydrogen) atoms. The lowest BCUT2D eigenvalue weighted by atomic mass is 10.0. The van der Waals surface area contributed by atoms with Crippen LogP contribution in [0, 0.1) is 18.8 Å². The average Bonchev–Trinajstić information content (AvgIpc) is 3.16. The number of hydrogen-bond donors (Lipinski definition) is 2. The molecule has 130 valence electrons. The van der Waals surface area contributed by atoms with Gasteiger partial charge in [-0.15, -0.1) is 0 Å². The van der Waals surface area contributed by atoms with Crippen LogP contribution >= 0.6 is 11.8 Å². The summed E-state index contributed by atoms with van der Waals surface area (Å²) in [7, 11) is 0. The van der Waals surface area contributed by atoms with Crippen LogP contribution in [0.4, 0.5) is 11.6 Å². The van der Waals surface area contributed by atoms with Gasteiger partial charge in [0.2, 0.25) is 5.91 Å². The number of nitrogen functional groups attached to an aromatic ring is 1. The Labute approximate surface area is 151 Å². The van der Waals surface area contributed by atoms with Crippen LogP contribution in [-0.4, -0.2) is 35.5 Å². The predicted octanol–water partition coefficient (Wildman–Crippen LogP) is 1.84. The first-order valence-electron chi connectivity index (χ1n) is 8.44. The molecular weight excluding hydrogens is 334 g/mol. The van der Waals surface area contributed by atoms with E-state index >= 15 is 0 Å². The van der Waals surface area contributed by atoms with E-state index in [9.17, 15) is 4.79 Å². The number of carbonyl (C=O) groups is 1. The molecule has 4 rings (SSSR count). The van der Waals surface area contributed by atoms with Crippen molar-refractivity contribution in [2.45, 2.75) is 17.8 Å². The summed E-state index contributed by atoms with van der Waals surface area (Å²) in [4.78, 5) is 23.0. The third-order valence-corrected chi connectivity index (χ3v) is 5.76. The Hall–Kier alpha value is -2.28. The van der Waals surface area contributed by atoms with Crippen molar-refractivity contribution in [1.29, 1.82) is 0 Å². The van der Waals surface area contributed by atoms with Crippen LogP contribution in [-0.2, 0) is 10.5 Å². The number of nitrogens with zero attached hydrogens (tertiary/aromatic N) is 3. The fraction of sp³-hybridized carbons (Fsp3) is 0.389. The number of benzene rings is 1. The van der Waals surface area contributed by atoms with Crippen molar-refractivity contribution in [3.63, 3.8) is 0 Å². The van der Waals surface area contributed by atoms with Crippen molar-refractivity contribution in [1.82, 2.24) is 15.3 Å². The number of carbonyl (C=O) groups excluding carboxylic acids is 1. The van der Waals surface area contributed by atoms with Crippen LogP contribution in [0.1, 0.15) is 11.1 Å². The van der Waals surface area contributed by atoms with E-state index in [4.69, 9.17) is 5.73 Å². The standard InChI is InChI=1S/C18H21N5OS/c1-11-2-4-12(5-3-11)10-25-18-21-15(19)6-16(22-18)23-8-13-7-20-17(24)14(13)9-23/h2-6,13-14H,7-10H2,1H3,(H,20,24)(H2,19,21,22)/t13-,14+/m0/s1. The van der Waals surface area contributed by atoms with E-state index in [1.165, 1.54) is 11.1 Å². The minimum atomic E-state index is 0.0693. The summed E-state index contributed by atoms with van der Waals surface area (Å²) in [6.45, 7) is 4.38. The van der Waals surface area contributed by atoms with Gasteiger partial charge in [-0.05, 0) is 12.5 Å². The molecule has 0 aliphatic carbocycles. The van der Waals surface area contributed by atoms with Crippen molar-refractivity contribution < 1.29 is 4.79 Å². The zero-order valence-corrected chi connectivity index (χ0v) is 14.9. The number of thioether (sulfide) groups is 1. The van der Waals surface area contributed by atoms with Gasteiger partial charge in [-0.2, -0.15) is 0 Å². The minimum Gasteiger partial charge on any atom is -0.383 e. The number of rotatable bonds is 4. The highest BCUT2D eigenvalue weighted by molar-refractivity contribution is 7.98. The molecule has 6 nitrogen and oxygen atoms in total. The molecule has 2 fully saturated rings. The van der Waals surface area contributed by atoms with Gasteiger partial charge in [0.25, 0.3) is 0 Å². The summed E-state index contributed by atoms with van der Waals surface area (Å²) in [5.74, 6) is 2.69. The smallest absolute Gasteiger partial charge is 0.225 e. The Kier molecular flexibility index (Phi) is 4.25. The van der Waals surface area contributed by atoms with Crippen LogP contribution < -0.4 is 16.0 Å². The minimum absolute atomic E-state index is 0.0693. The summed E-state index contributed by atoms with van der Waals surface area (Å²) in [5.41, 5.74) is 8.47. The van der Waals surface area contributed by atoms with Crippen LogP contribution in [0.25, 0.3) is 0 Å². The van der Waals surface area contributed by atoms with Crippen molar-refractivity contribution in [2.24, 2.45) is 11.8 Å². The van der Waals surface area contributed by atoms with Gasteiger partial charge in [-0.25, -0.2) is 9.97 Å². The summed E-state index contributed by atoms with van der Waals surface area (Å²) in [5, 5.41) is 3.61. The Morgan fingerprint density at radius 1 is 1.28 bits per heavy atom. The molecule has 0 bridgehead atoms. The van der Waals surface area contributed by atoms with Gasteiger partial charge >= 0.3 is 0 Å². The number of amides is 1. The van der Waals surface area contributed by atoms with Crippen molar-refractivity contribution in [2.75, 3.05) is 30.3 Å². The molecule has 7 heteroatoms. The molecule has 3 heterocycles. The first kappa shape index (κ1) is 16.2. The second kappa shape index (κ2) is 6.55. The second-order valence-electron chi connectivity index (χ2n) is 6.72. The summed E-state index contributed by atoms with van der Waals surface area (Å²) in [6, 6.07) is 10.3. The fourth-order valence-corrected chi connectivity index (χ4v) is 4.23. The van der Waals surface area contributed by atoms with Crippen LogP contribution in [0.5, 0.6) is 0 Å². The van der Waals surface area contributed by atoms with Crippen LogP contribution in [0.2, 0.25) is 0 Å². The first-order chi connectivity index (χ1) is 12.1. The van der Waals surface area contributed by atoms with Crippen molar-refractivity contribution in [3.05, 3.63) is 41.5 Å². The molecule has 2 atom stereocenters. The fourth-order valence-electron chi connectivity index (χ4n) is 3.41. The van der Waals surface area contributed by atoms with E-state index in [0.717, 1.165) is 24.7 Å². The van der Waals surface area contributed by atoms with Gasteiger partial charge < -0.3 is 16.0 Å². The van der Waals surface area contributed by atoms with E-state index in [1.54, 1.807) is 17.8 Å². The zero-order chi connectivity index (χ0) is 17.4. The second-order valence-corrected chi connectivity index (χ2v) is 7.67. The molecule has 0 unspecified atom stereocenters. The largest absolute Gasteiger partial charge is 0.383 e. The van der Waals surface area contributed by atoms with E-state index in [1.807, 2.05) is 0 Å². The Morgan fingerprint density at radius 2 is 2.08 bits per heavy atom. The molecule has 2 saturated heterocycles. The van der Waals surface area contributed by atoms with Gasteiger partial charge in [-0.1, -0.05) is 41.6 Å². The lowest BCUT2D eigenvalue weighted by Gasteiger charge is -2.19. The third kappa shape index (κ3) is 3.42. The molecular formula is C18H21N5OS. The average molecular weight is 355 g/mol. The molecule has 2 aliphatic heterocycles. The molecule has 0 radical (unpaired) electrons. The van der Waals surface area contributed by atoms with E-state index in [2.05, 4.69) is 51.4 Å². The molecule has 1 amide bonds. The summed E-state index contributed by atoms with van der Waals surface area (Å²) >= 11 is 1.58. The van der Waals surface area contributed by atoms with Crippen LogP contribution in [0.15, 0.2) is 35.5 Å². The number of aryl methyl sites for hydroxylation is 1.